The normalized spacial score (nSPS) is 12.8. The average Bonchev–Trinajstić information content (AvgIpc) is 2.15. The molecular weight excluding hydrogens is 204 g/mol. The van der Waals surface area contributed by atoms with Crippen LogP contribution in [-0.2, 0) is 4.79 Å². The summed E-state index contributed by atoms with van der Waals surface area (Å²) in [6.45, 7) is 1.66. The molecule has 0 saturated carbocycles. The van der Waals surface area contributed by atoms with Crippen LogP contribution in [0, 0.1) is 6.92 Å². The van der Waals surface area contributed by atoms with Crippen LogP contribution < -0.4 is 0 Å². The molecule has 1 aromatic heterocycles. The molecule has 0 radical (unpaired) electrons. The van der Waals surface area contributed by atoms with Gasteiger partial charge in [-0.05, 0) is 24.1 Å². The van der Waals surface area contributed by atoms with E-state index in [4.69, 9.17) is 5.11 Å². The summed E-state index contributed by atoms with van der Waals surface area (Å²) >= 11 is 0. The maximum absolute atomic E-state index is 12.6. The van der Waals surface area contributed by atoms with E-state index in [1.54, 1.807) is 13.0 Å². The monoisotopic (exact) mass is 215 g/mol. The first-order chi connectivity index (χ1) is 7.02. The van der Waals surface area contributed by atoms with Gasteiger partial charge in [0.05, 0.1) is 12.3 Å². The van der Waals surface area contributed by atoms with E-state index >= 15 is 0 Å². The van der Waals surface area contributed by atoms with Gasteiger partial charge in [-0.1, -0.05) is 0 Å². The minimum absolute atomic E-state index is 0.301. The zero-order valence-corrected chi connectivity index (χ0v) is 8.15. The van der Waals surface area contributed by atoms with Crippen LogP contribution >= 0.6 is 0 Å². The van der Waals surface area contributed by atoms with Crippen molar-refractivity contribution in [1.82, 2.24) is 4.98 Å². The average molecular weight is 215 g/mol. The molecule has 0 aliphatic carbocycles. The van der Waals surface area contributed by atoms with Gasteiger partial charge < -0.3 is 5.11 Å². The Morgan fingerprint density at radius 3 is 2.73 bits per heavy atom. The highest BCUT2D eigenvalue weighted by atomic mass is 19.3. The van der Waals surface area contributed by atoms with E-state index < -0.39 is 24.7 Å². The molecule has 0 spiro atoms. The Balaban J connectivity index is 2.99. The number of aryl methyl sites for hydroxylation is 1. The number of aliphatic carboxylic acids is 1. The van der Waals surface area contributed by atoms with Crippen LogP contribution in [-0.4, -0.2) is 22.5 Å². The molecule has 1 atom stereocenters. The van der Waals surface area contributed by atoms with Gasteiger partial charge >= 0.3 is 5.97 Å². The van der Waals surface area contributed by atoms with Gasteiger partial charge in [0, 0.05) is 12.4 Å². The number of aromatic nitrogens is 1. The van der Waals surface area contributed by atoms with Crippen molar-refractivity contribution in [3.63, 3.8) is 0 Å². The summed E-state index contributed by atoms with van der Waals surface area (Å²) in [5, 5.41) is 8.53. The van der Waals surface area contributed by atoms with Crippen LogP contribution in [0.15, 0.2) is 18.5 Å². The zero-order valence-electron chi connectivity index (χ0n) is 8.15. The molecule has 1 N–H and O–H groups in total. The van der Waals surface area contributed by atoms with Crippen LogP contribution in [0.3, 0.4) is 0 Å². The molecule has 5 heteroatoms. The fourth-order valence-electron chi connectivity index (χ4n) is 1.39. The van der Waals surface area contributed by atoms with Crippen LogP contribution in [0.5, 0.6) is 0 Å². The first kappa shape index (κ1) is 11.6. The first-order valence-electron chi connectivity index (χ1n) is 4.43. The first-order valence-corrected chi connectivity index (χ1v) is 4.43. The predicted octanol–water partition coefficient (Wildman–Crippen LogP) is 2.21. The van der Waals surface area contributed by atoms with Gasteiger partial charge in [0.25, 0.3) is 0 Å². The Hall–Kier alpha value is -1.52. The largest absolute Gasteiger partial charge is 0.481 e. The molecule has 0 fully saturated rings. The van der Waals surface area contributed by atoms with Crippen LogP contribution in [0.4, 0.5) is 8.78 Å². The highest BCUT2D eigenvalue weighted by Gasteiger charge is 2.26. The lowest BCUT2D eigenvalue weighted by molar-refractivity contribution is -0.138. The molecule has 1 rings (SSSR count). The summed E-state index contributed by atoms with van der Waals surface area (Å²) < 4.78 is 25.3. The number of hydrogen-bond acceptors (Lipinski definition) is 2. The molecule has 0 saturated heterocycles. The maximum Gasteiger partial charge on any atom is 0.304 e. The summed E-state index contributed by atoms with van der Waals surface area (Å²) in [5.41, 5.74) is 0.937. The summed E-state index contributed by atoms with van der Waals surface area (Å²) in [6, 6.07) is 1.59. The number of nitrogens with zero attached hydrogens (tertiary/aromatic N) is 1. The lowest BCUT2D eigenvalue weighted by Crippen LogP contribution is -2.15. The van der Waals surface area contributed by atoms with Gasteiger partial charge in [-0.25, -0.2) is 8.78 Å². The number of carbonyl (C=O) groups is 1. The molecule has 15 heavy (non-hydrogen) atoms. The Kier molecular flexibility index (Phi) is 3.71. The van der Waals surface area contributed by atoms with Gasteiger partial charge in [-0.15, -0.1) is 0 Å². The fraction of sp³-hybridized carbons (Fsp3) is 0.400. The Morgan fingerprint density at radius 1 is 1.60 bits per heavy atom. The Bertz CT molecular complexity index is 355. The van der Waals surface area contributed by atoms with Crippen molar-refractivity contribution in [2.75, 3.05) is 0 Å². The third kappa shape index (κ3) is 2.97. The second-order valence-electron chi connectivity index (χ2n) is 3.27. The van der Waals surface area contributed by atoms with Crippen molar-refractivity contribution in [2.24, 2.45) is 0 Å². The molecule has 0 aromatic carbocycles. The van der Waals surface area contributed by atoms with E-state index in [-0.39, 0.29) is 0 Å². The third-order valence-electron chi connectivity index (χ3n) is 2.18. The van der Waals surface area contributed by atoms with Crippen LogP contribution in [0.2, 0.25) is 0 Å². The molecule has 0 bridgehead atoms. The quantitative estimate of drug-likeness (QED) is 0.837. The number of carboxylic acids is 1. The van der Waals surface area contributed by atoms with Gasteiger partial charge in [-0.2, -0.15) is 0 Å². The minimum atomic E-state index is -2.69. The smallest absolute Gasteiger partial charge is 0.304 e. The van der Waals surface area contributed by atoms with E-state index in [0.29, 0.717) is 11.1 Å². The third-order valence-corrected chi connectivity index (χ3v) is 2.18. The number of halogens is 2. The van der Waals surface area contributed by atoms with E-state index in [2.05, 4.69) is 4.98 Å². The second kappa shape index (κ2) is 4.82. The van der Waals surface area contributed by atoms with Crippen molar-refractivity contribution >= 4 is 5.97 Å². The number of pyridine rings is 1. The summed E-state index contributed by atoms with van der Waals surface area (Å²) in [5.74, 6) is -2.51. The SMILES string of the molecule is Cc1ccncc1C(CC(=O)O)C(F)F. The van der Waals surface area contributed by atoms with Gasteiger partial charge in [0.15, 0.2) is 0 Å². The maximum atomic E-state index is 12.6. The minimum Gasteiger partial charge on any atom is -0.481 e. The molecule has 3 nitrogen and oxygen atoms in total. The van der Waals surface area contributed by atoms with Crippen LogP contribution in [0.25, 0.3) is 0 Å². The molecule has 0 aliphatic rings. The number of alkyl halides is 2. The fourth-order valence-corrected chi connectivity index (χ4v) is 1.39. The Morgan fingerprint density at radius 2 is 2.27 bits per heavy atom. The molecule has 1 unspecified atom stereocenters. The highest BCUT2D eigenvalue weighted by molar-refractivity contribution is 5.68. The Labute approximate surface area is 85.8 Å². The lowest BCUT2D eigenvalue weighted by atomic mass is 9.94. The van der Waals surface area contributed by atoms with Gasteiger partial charge in [0.1, 0.15) is 0 Å². The van der Waals surface area contributed by atoms with E-state index in [0.717, 1.165) is 0 Å². The van der Waals surface area contributed by atoms with E-state index in [1.807, 2.05) is 0 Å². The number of carboxylic acid groups (broad SMARTS) is 1. The van der Waals surface area contributed by atoms with Crippen molar-refractivity contribution in [3.05, 3.63) is 29.6 Å². The molecule has 0 amide bonds. The van der Waals surface area contributed by atoms with Crippen molar-refractivity contribution in [2.45, 2.75) is 25.7 Å². The van der Waals surface area contributed by atoms with Crippen molar-refractivity contribution in [1.29, 1.82) is 0 Å². The molecule has 1 aromatic rings. The van der Waals surface area contributed by atoms with Crippen molar-refractivity contribution in [3.8, 4) is 0 Å². The molecule has 82 valence electrons. The summed E-state index contributed by atoms with van der Waals surface area (Å²) in [4.78, 5) is 14.2. The molecule has 0 aliphatic heterocycles. The molecule has 1 heterocycles. The molecular formula is C10H11F2NO2. The van der Waals surface area contributed by atoms with Crippen molar-refractivity contribution < 1.29 is 18.7 Å². The van der Waals surface area contributed by atoms with Gasteiger partial charge in [0.2, 0.25) is 6.43 Å². The predicted molar refractivity (Wildman–Crippen MR) is 50.0 cm³/mol. The van der Waals surface area contributed by atoms with Gasteiger partial charge in [-0.3, -0.25) is 9.78 Å². The standard InChI is InChI=1S/C10H11F2NO2/c1-6-2-3-13-5-8(6)7(10(11)12)4-9(14)15/h2-3,5,7,10H,4H2,1H3,(H,14,15). The zero-order chi connectivity index (χ0) is 11.4. The second-order valence-corrected chi connectivity index (χ2v) is 3.27. The van der Waals surface area contributed by atoms with E-state index in [1.165, 1.54) is 12.4 Å². The van der Waals surface area contributed by atoms with E-state index in [9.17, 15) is 13.6 Å². The topological polar surface area (TPSA) is 50.2 Å². The number of hydrogen-bond donors (Lipinski definition) is 1. The number of rotatable bonds is 4. The highest BCUT2D eigenvalue weighted by Crippen LogP contribution is 2.28. The summed E-state index contributed by atoms with van der Waals surface area (Å²) in [6.07, 6.45) is -0.481. The lowest BCUT2D eigenvalue weighted by Gasteiger charge is -2.15. The summed E-state index contributed by atoms with van der Waals surface area (Å²) in [7, 11) is 0. The van der Waals surface area contributed by atoms with Crippen LogP contribution in [0.1, 0.15) is 23.5 Å².